The quantitative estimate of drug-likeness (QED) is 0.722. The first-order valence-corrected chi connectivity index (χ1v) is 6.45. The highest BCUT2D eigenvalue weighted by Crippen LogP contribution is 2.38. The molecule has 0 aromatic carbocycles. The Hall–Kier alpha value is -0.0800. The third-order valence-electron chi connectivity index (χ3n) is 3.71. The molecule has 0 atom stereocenters. The first kappa shape index (κ1) is 15.9. The Balaban J connectivity index is 4.24. The van der Waals surface area contributed by atoms with E-state index >= 15 is 0 Å². The largest absolute Gasteiger partial charge is 0.375 e. The fourth-order valence-electron chi connectivity index (χ4n) is 1.69. The summed E-state index contributed by atoms with van der Waals surface area (Å²) in [6.07, 6.45) is 3.28. The van der Waals surface area contributed by atoms with Crippen molar-refractivity contribution < 1.29 is 4.74 Å². The molecular formula is C14H31NO. The van der Waals surface area contributed by atoms with Crippen molar-refractivity contribution in [3.05, 3.63) is 0 Å². The fraction of sp³-hybridized carbons (Fsp3) is 1.00. The van der Waals surface area contributed by atoms with Gasteiger partial charge in [-0.15, -0.1) is 0 Å². The molecule has 0 amide bonds. The van der Waals surface area contributed by atoms with Gasteiger partial charge >= 0.3 is 0 Å². The molecule has 0 aromatic rings. The molecule has 16 heavy (non-hydrogen) atoms. The summed E-state index contributed by atoms with van der Waals surface area (Å²) >= 11 is 0. The number of hydrogen-bond acceptors (Lipinski definition) is 2. The molecule has 0 aromatic heterocycles. The Morgan fingerprint density at radius 1 is 0.938 bits per heavy atom. The Morgan fingerprint density at radius 3 is 1.81 bits per heavy atom. The van der Waals surface area contributed by atoms with E-state index in [1.807, 2.05) is 13.8 Å². The molecule has 0 aliphatic heterocycles. The Kier molecular flexibility index (Phi) is 5.48. The third-order valence-corrected chi connectivity index (χ3v) is 3.71. The third kappa shape index (κ3) is 5.31. The Bertz CT molecular complexity index is 201. The summed E-state index contributed by atoms with van der Waals surface area (Å²) in [5.41, 5.74) is 5.94. The SMILES string of the molecule is CCCC(C)(C)C(C)(C)OCCC(C)(C)N. The van der Waals surface area contributed by atoms with Crippen LogP contribution in [-0.2, 0) is 4.74 Å². The first-order chi connectivity index (χ1) is 7.02. The van der Waals surface area contributed by atoms with Gasteiger partial charge in [-0.3, -0.25) is 0 Å². The van der Waals surface area contributed by atoms with E-state index in [4.69, 9.17) is 10.5 Å². The minimum absolute atomic E-state index is 0.0890. The lowest BCUT2D eigenvalue weighted by molar-refractivity contribution is -0.104. The van der Waals surface area contributed by atoms with Gasteiger partial charge in [-0.2, -0.15) is 0 Å². The van der Waals surface area contributed by atoms with Gasteiger partial charge in [-0.25, -0.2) is 0 Å². The Morgan fingerprint density at radius 2 is 1.44 bits per heavy atom. The summed E-state index contributed by atoms with van der Waals surface area (Å²) in [7, 11) is 0. The van der Waals surface area contributed by atoms with Crippen molar-refractivity contribution >= 4 is 0 Å². The van der Waals surface area contributed by atoms with Gasteiger partial charge in [0.2, 0.25) is 0 Å². The van der Waals surface area contributed by atoms with Crippen LogP contribution in [0, 0.1) is 5.41 Å². The molecule has 0 heterocycles. The molecule has 0 aliphatic carbocycles. The molecule has 0 fully saturated rings. The zero-order chi connectivity index (χ0) is 13.0. The zero-order valence-corrected chi connectivity index (χ0v) is 12.3. The maximum absolute atomic E-state index is 6.04. The van der Waals surface area contributed by atoms with Crippen LogP contribution >= 0.6 is 0 Å². The van der Waals surface area contributed by atoms with Crippen LogP contribution in [0.2, 0.25) is 0 Å². The van der Waals surface area contributed by atoms with Crippen LogP contribution in [0.5, 0.6) is 0 Å². The first-order valence-electron chi connectivity index (χ1n) is 6.45. The number of hydrogen-bond donors (Lipinski definition) is 1. The number of ether oxygens (including phenoxy) is 1. The minimum atomic E-state index is -0.134. The summed E-state index contributed by atoms with van der Waals surface area (Å²) in [5, 5.41) is 0. The van der Waals surface area contributed by atoms with E-state index in [-0.39, 0.29) is 16.6 Å². The second kappa shape index (κ2) is 5.50. The summed E-state index contributed by atoms with van der Waals surface area (Å²) in [4.78, 5) is 0. The Labute approximate surface area is 102 Å². The van der Waals surface area contributed by atoms with Crippen molar-refractivity contribution in [1.29, 1.82) is 0 Å². The molecular weight excluding hydrogens is 198 g/mol. The molecule has 2 N–H and O–H groups in total. The monoisotopic (exact) mass is 229 g/mol. The molecule has 98 valence electrons. The van der Waals surface area contributed by atoms with E-state index in [2.05, 4.69) is 34.6 Å². The average Bonchev–Trinajstić information content (AvgIpc) is 2.00. The van der Waals surface area contributed by atoms with Gasteiger partial charge in [-0.1, -0.05) is 27.2 Å². The van der Waals surface area contributed by atoms with Crippen molar-refractivity contribution in [3.63, 3.8) is 0 Å². The number of rotatable bonds is 7. The maximum atomic E-state index is 6.04. The van der Waals surface area contributed by atoms with Gasteiger partial charge < -0.3 is 10.5 Å². The standard InChI is InChI=1S/C14H31NO/c1-8-9-12(2,3)14(6,7)16-11-10-13(4,5)15/h8-11,15H2,1-7H3. The summed E-state index contributed by atoms with van der Waals surface area (Å²) < 4.78 is 6.04. The lowest BCUT2D eigenvalue weighted by atomic mass is 9.74. The molecule has 0 unspecified atom stereocenters. The van der Waals surface area contributed by atoms with E-state index in [0.29, 0.717) is 0 Å². The molecule has 0 rings (SSSR count). The highest BCUT2D eigenvalue weighted by atomic mass is 16.5. The van der Waals surface area contributed by atoms with Crippen LogP contribution in [0.3, 0.4) is 0 Å². The van der Waals surface area contributed by atoms with Gasteiger partial charge in [0.25, 0.3) is 0 Å². The van der Waals surface area contributed by atoms with Gasteiger partial charge in [-0.05, 0) is 46.0 Å². The van der Waals surface area contributed by atoms with E-state index in [1.165, 1.54) is 12.8 Å². The number of nitrogens with two attached hydrogens (primary N) is 1. The molecule has 0 spiro atoms. The van der Waals surface area contributed by atoms with E-state index in [0.717, 1.165) is 13.0 Å². The lowest BCUT2D eigenvalue weighted by Crippen LogP contribution is -2.43. The summed E-state index contributed by atoms with van der Waals surface area (Å²) in [6.45, 7) is 16.0. The topological polar surface area (TPSA) is 35.2 Å². The predicted octanol–water partition coefficient (Wildman–Crippen LogP) is 3.74. The molecule has 0 saturated heterocycles. The molecule has 2 nitrogen and oxygen atoms in total. The van der Waals surface area contributed by atoms with Crippen LogP contribution in [0.1, 0.15) is 67.7 Å². The van der Waals surface area contributed by atoms with Crippen LogP contribution in [-0.4, -0.2) is 17.7 Å². The molecule has 2 heteroatoms. The van der Waals surface area contributed by atoms with Crippen LogP contribution in [0.15, 0.2) is 0 Å². The second-order valence-electron chi connectivity index (χ2n) is 6.73. The smallest absolute Gasteiger partial charge is 0.0677 e. The summed E-state index contributed by atoms with van der Waals surface area (Å²) in [5.74, 6) is 0. The zero-order valence-electron chi connectivity index (χ0n) is 12.3. The maximum Gasteiger partial charge on any atom is 0.0677 e. The lowest BCUT2D eigenvalue weighted by Gasteiger charge is -2.42. The molecule has 0 aliphatic rings. The van der Waals surface area contributed by atoms with Crippen molar-refractivity contribution in [2.75, 3.05) is 6.61 Å². The highest BCUT2D eigenvalue weighted by molar-refractivity contribution is 4.87. The van der Waals surface area contributed by atoms with Gasteiger partial charge in [0, 0.05) is 12.1 Å². The van der Waals surface area contributed by atoms with Crippen LogP contribution < -0.4 is 5.73 Å². The minimum Gasteiger partial charge on any atom is -0.375 e. The van der Waals surface area contributed by atoms with Crippen molar-refractivity contribution in [2.45, 2.75) is 78.9 Å². The van der Waals surface area contributed by atoms with Gasteiger partial charge in [0.05, 0.1) is 5.60 Å². The van der Waals surface area contributed by atoms with E-state index in [9.17, 15) is 0 Å². The van der Waals surface area contributed by atoms with Crippen molar-refractivity contribution in [1.82, 2.24) is 0 Å². The fourth-order valence-corrected chi connectivity index (χ4v) is 1.69. The van der Waals surface area contributed by atoms with E-state index in [1.54, 1.807) is 0 Å². The van der Waals surface area contributed by atoms with E-state index < -0.39 is 0 Å². The second-order valence-corrected chi connectivity index (χ2v) is 6.73. The van der Waals surface area contributed by atoms with Gasteiger partial charge in [0.15, 0.2) is 0 Å². The van der Waals surface area contributed by atoms with Crippen LogP contribution in [0.25, 0.3) is 0 Å². The predicted molar refractivity (Wildman–Crippen MR) is 71.6 cm³/mol. The molecule has 0 saturated carbocycles. The van der Waals surface area contributed by atoms with Crippen molar-refractivity contribution in [2.24, 2.45) is 11.1 Å². The van der Waals surface area contributed by atoms with Crippen LogP contribution in [0.4, 0.5) is 0 Å². The van der Waals surface area contributed by atoms with Gasteiger partial charge in [0.1, 0.15) is 0 Å². The summed E-state index contributed by atoms with van der Waals surface area (Å²) in [6, 6.07) is 0. The highest BCUT2D eigenvalue weighted by Gasteiger charge is 2.37. The average molecular weight is 229 g/mol. The molecule has 0 radical (unpaired) electrons. The van der Waals surface area contributed by atoms with Crippen molar-refractivity contribution in [3.8, 4) is 0 Å². The molecule has 0 bridgehead atoms. The normalized spacial score (nSPS) is 14.2.